The van der Waals surface area contributed by atoms with Crippen LogP contribution in [0.5, 0.6) is 5.75 Å². The van der Waals surface area contributed by atoms with Crippen LogP contribution < -0.4 is 16.4 Å². The Labute approximate surface area is 271 Å². The highest BCUT2D eigenvalue weighted by Gasteiger charge is 2.54. The molecule has 1 saturated carbocycles. The van der Waals surface area contributed by atoms with E-state index in [0.29, 0.717) is 11.7 Å². The van der Waals surface area contributed by atoms with E-state index >= 15 is 0 Å². The molecule has 1 fully saturated rings. The van der Waals surface area contributed by atoms with Gasteiger partial charge in [0.25, 0.3) is 0 Å². The third kappa shape index (κ3) is 13.5. The molecule has 2 aliphatic rings. The summed E-state index contributed by atoms with van der Waals surface area (Å²) >= 11 is 0. The highest BCUT2D eigenvalue weighted by atomic mass is 19.4. The SMILES string of the molecule is C[C@]1(C(=O)NCCCNCCCCCCCCN)CCC[C@]2(C)c3cc(O)ccc3CC[C@@H]12.O=C(O)C(F)(F)F.O=C(O)C(F)(F)F. The minimum atomic E-state index is -5.08. The van der Waals surface area contributed by atoms with Gasteiger partial charge in [0.2, 0.25) is 5.91 Å². The summed E-state index contributed by atoms with van der Waals surface area (Å²) < 4.78 is 63.5. The summed E-state index contributed by atoms with van der Waals surface area (Å²) in [4.78, 5) is 31.2. The van der Waals surface area contributed by atoms with Gasteiger partial charge < -0.3 is 31.7 Å². The number of amides is 1. The Morgan fingerprint density at radius 3 is 1.94 bits per heavy atom. The highest BCUT2D eigenvalue weighted by molar-refractivity contribution is 5.83. The van der Waals surface area contributed by atoms with Gasteiger partial charge in [0, 0.05) is 6.54 Å². The third-order valence-electron chi connectivity index (χ3n) is 8.97. The first-order chi connectivity index (χ1) is 21.8. The number of phenolic OH excluding ortho intramolecular Hbond substituents is 1. The van der Waals surface area contributed by atoms with Crippen LogP contribution in [0, 0.1) is 11.3 Å². The lowest BCUT2D eigenvalue weighted by atomic mass is 9.49. The molecule has 7 N–H and O–H groups in total. The first-order valence-electron chi connectivity index (χ1n) is 15.9. The predicted molar refractivity (Wildman–Crippen MR) is 164 cm³/mol. The van der Waals surface area contributed by atoms with Crippen LogP contribution in [0.2, 0.25) is 0 Å². The fourth-order valence-corrected chi connectivity index (χ4v) is 6.56. The van der Waals surface area contributed by atoms with E-state index in [1.807, 2.05) is 6.07 Å². The van der Waals surface area contributed by atoms with Crippen molar-refractivity contribution in [1.29, 1.82) is 0 Å². The zero-order valence-electron chi connectivity index (χ0n) is 27.0. The lowest BCUT2D eigenvalue weighted by Gasteiger charge is -2.54. The molecule has 0 saturated heterocycles. The van der Waals surface area contributed by atoms with Crippen molar-refractivity contribution >= 4 is 17.8 Å². The number of unbranched alkanes of at least 4 members (excludes halogenated alkanes) is 5. The highest BCUT2D eigenvalue weighted by Crippen LogP contribution is 2.57. The number of carbonyl (C=O) groups excluding carboxylic acids is 1. The average Bonchev–Trinajstić information content (AvgIpc) is 2.97. The van der Waals surface area contributed by atoms with Crippen LogP contribution in [0.3, 0.4) is 0 Å². The number of fused-ring (bicyclic) bond motifs is 3. The van der Waals surface area contributed by atoms with Crippen molar-refractivity contribution in [3.8, 4) is 5.75 Å². The Balaban J connectivity index is 0.000000658. The number of carbonyl (C=O) groups is 3. The van der Waals surface area contributed by atoms with Gasteiger partial charge in [0.1, 0.15) is 5.75 Å². The molecule has 0 spiro atoms. The summed E-state index contributed by atoms with van der Waals surface area (Å²) in [6.45, 7) is 8.08. The number of carboxylic acids is 2. The molecule has 0 radical (unpaired) electrons. The monoisotopic (exact) mass is 685 g/mol. The van der Waals surface area contributed by atoms with Crippen LogP contribution in [0.1, 0.15) is 95.6 Å². The number of rotatable bonds is 13. The van der Waals surface area contributed by atoms with Gasteiger partial charge in [-0.25, -0.2) is 9.59 Å². The number of halogens is 6. The Morgan fingerprint density at radius 1 is 0.851 bits per heavy atom. The lowest BCUT2D eigenvalue weighted by molar-refractivity contribution is -0.193. The number of aliphatic carboxylic acids is 2. The molecule has 0 bridgehead atoms. The van der Waals surface area contributed by atoms with Gasteiger partial charge in [0.15, 0.2) is 0 Å². The van der Waals surface area contributed by atoms with E-state index < -0.39 is 24.3 Å². The normalized spacial score (nSPS) is 21.9. The maximum absolute atomic E-state index is 13.4. The molecule has 0 aliphatic heterocycles. The number of alkyl halides is 6. The van der Waals surface area contributed by atoms with Crippen LogP contribution in [-0.4, -0.2) is 71.7 Å². The number of aryl methyl sites for hydroxylation is 1. The lowest BCUT2D eigenvalue weighted by Crippen LogP contribution is -2.55. The molecular formula is C32H49F6N3O6. The summed E-state index contributed by atoms with van der Waals surface area (Å²) in [5.41, 5.74) is 7.76. The van der Waals surface area contributed by atoms with Crippen LogP contribution in [0.15, 0.2) is 18.2 Å². The molecule has 3 rings (SSSR count). The fourth-order valence-electron chi connectivity index (χ4n) is 6.56. The van der Waals surface area contributed by atoms with Gasteiger partial charge in [0.05, 0.1) is 5.41 Å². The quantitative estimate of drug-likeness (QED) is 0.108. The molecule has 9 nitrogen and oxygen atoms in total. The molecule has 1 aromatic carbocycles. The summed E-state index contributed by atoms with van der Waals surface area (Å²) in [6, 6.07) is 5.83. The summed E-state index contributed by atoms with van der Waals surface area (Å²) in [5, 5.41) is 31.2. The van der Waals surface area contributed by atoms with E-state index in [0.717, 1.165) is 71.1 Å². The van der Waals surface area contributed by atoms with E-state index in [1.165, 1.54) is 43.2 Å². The number of aromatic hydroxyl groups is 1. The number of phenols is 1. The number of hydrogen-bond acceptors (Lipinski definition) is 6. The molecule has 15 heteroatoms. The average molecular weight is 686 g/mol. The van der Waals surface area contributed by atoms with Crippen LogP contribution in [-0.2, 0) is 26.2 Å². The van der Waals surface area contributed by atoms with Gasteiger partial charge >= 0.3 is 24.3 Å². The van der Waals surface area contributed by atoms with Gasteiger partial charge in [-0.15, -0.1) is 0 Å². The van der Waals surface area contributed by atoms with Crippen molar-refractivity contribution in [2.45, 2.75) is 109 Å². The zero-order chi connectivity index (χ0) is 35.9. The number of carboxylic acid groups (broad SMARTS) is 2. The maximum atomic E-state index is 13.4. The molecule has 2 aliphatic carbocycles. The van der Waals surface area contributed by atoms with Crippen molar-refractivity contribution < 1.29 is 56.0 Å². The van der Waals surface area contributed by atoms with E-state index in [9.17, 15) is 36.2 Å². The van der Waals surface area contributed by atoms with E-state index in [2.05, 4.69) is 30.5 Å². The first kappa shape index (κ1) is 42.0. The molecule has 1 amide bonds. The Bertz CT molecular complexity index is 1130. The second-order valence-corrected chi connectivity index (χ2v) is 12.5. The van der Waals surface area contributed by atoms with Crippen molar-refractivity contribution in [2.24, 2.45) is 17.1 Å². The molecule has 0 unspecified atom stereocenters. The minimum absolute atomic E-state index is 0.0392. The summed E-state index contributed by atoms with van der Waals surface area (Å²) in [7, 11) is 0. The van der Waals surface area contributed by atoms with E-state index in [-0.39, 0.29) is 16.7 Å². The number of hydrogen-bond donors (Lipinski definition) is 6. The van der Waals surface area contributed by atoms with E-state index in [1.54, 1.807) is 6.07 Å². The largest absolute Gasteiger partial charge is 0.508 e. The second-order valence-electron chi connectivity index (χ2n) is 12.5. The van der Waals surface area contributed by atoms with Crippen molar-refractivity contribution in [1.82, 2.24) is 10.6 Å². The van der Waals surface area contributed by atoms with Gasteiger partial charge in [-0.05, 0) is 99.2 Å². The summed E-state index contributed by atoms with van der Waals surface area (Å²) in [6.07, 6.45) is 3.48. The van der Waals surface area contributed by atoms with Crippen molar-refractivity contribution in [3.63, 3.8) is 0 Å². The maximum Gasteiger partial charge on any atom is 0.490 e. The smallest absolute Gasteiger partial charge is 0.490 e. The fraction of sp³-hybridized carbons (Fsp3) is 0.719. The van der Waals surface area contributed by atoms with Crippen LogP contribution >= 0.6 is 0 Å². The Kier molecular flexibility index (Phi) is 17.0. The predicted octanol–water partition coefficient (Wildman–Crippen LogP) is 6.06. The van der Waals surface area contributed by atoms with Crippen molar-refractivity contribution in [3.05, 3.63) is 29.3 Å². The molecule has 0 aromatic heterocycles. The number of benzene rings is 1. The van der Waals surface area contributed by atoms with Gasteiger partial charge in [-0.2, -0.15) is 26.3 Å². The van der Waals surface area contributed by atoms with Gasteiger partial charge in [-0.3, -0.25) is 4.79 Å². The standard InChI is InChI=1S/C28H47N3O2.2C2HF3O2/c1-27-15-9-16-28(2,25(27)14-12-22-11-13-23(32)21-24(22)27)26(33)31-20-10-19-30-18-8-6-4-3-5-7-17-29;2*3-2(4,5)1(6)7/h11,13,21,25,30,32H,3-10,12,14-20,29H2,1-2H3,(H,31,33);2*(H,6,7)/t25-,27-,28+;;/m1../s1. The van der Waals surface area contributed by atoms with Gasteiger partial charge in [-0.1, -0.05) is 52.0 Å². The first-order valence-corrected chi connectivity index (χ1v) is 15.9. The topological polar surface area (TPSA) is 162 Å². The third-order valence-corrected chi connectivity index (χ3v) is 8.97. The number of nitrogens with two attached hydrogens (primary N) is 1. The van der Waals surface area contributed by atoms with Crippen LogP contribution in [0.4, 0.5) is 26.3 Å². The Morgan fingerprint density at radius 2 is 1.38 bits per heavy atom. The zero-order valence-corrected chi connectivity index (χ0v) is 27.0. The number of nitrogens with one attached hydrogen (secondary N) is 2. The summed E-state index contributed by atoms with van der Waals surface area (Å²) in [5.74, 6) is -4.64. The van der Waals surface area contributed by atoms with Crippen LogP contribution in [0.25, 0.3) is 0 Å². The molecule has 47 heavy (non-hydrogen) atoms. The van der Waals surface area contributed by atoms with Crippen molar-refractivity contribution in [2.75, 3.05) is 26.2 Å². The minimum Gasteiger partial charge on any atom is -0.508 e. The molecule has 1 aromatic rings. The second kappa shape index (κ2) is 19.1. The Hall–Kier alpha value is -3.07. The molecule has 0 heterocycles. The molecular weight excluding hydrogens is 636 g/mol. The van der Waals surface area contributed by atoms with E-state index in [4.69, 9.17) is 25.5 Å². The molecule has 3 atom stereocenters. The molecule has 270 valence electrons.